The van der Waals surface area contributed by atoms with Crippen LogP contribution in [0.15, 0.2) is 6.20 Å². The normalized spacial score (nSPS) is 13.4. The fraction of sp³-hybridized carbons (Fsp3) is 0.500. The van der Waals surface area contributed by atoms with Crippen molar-refractivity contribution in [1.82, 2.24) is 4.98 Å². The summed E-state index contributed by atoms with van der Waals surface area (Å²) in [6.07, 6.45) is 2.65. The maximum atomic E-state index is 5.57. The average molecular weight is 157 g/mol. The average Bonchev–Trinajstić information content (AvgIpc) is 2.13. The van der Waals surface area contributed by atoms with E-state index in [9.17, 15) is 0 Å². The molecule has 1 aromatic rings. The van der Waals surface area contributed by atoms with Gasteiger partial charge in [-0.05, 0) is 13.3 Å². The number of nitrogens with zero attached hydrogens (tertiary/aromatic N) is 1. The number of hydrogen-bond donors (Lipinski definition) is 2. The zero-order chi connectivity index (χ0) is 7.56. The molecule has 1 unspecified atom stereocenters. The second-order valence-electron chi connectivity index (χ2n) is 2.35. The Balaban J connectivity index is 2.58. The van der Waals surface area contributed by atoms with Gasteiger partial charge in [-0.2, -0.15) is 0 Å². The Hall–Kier alpha value is -0.610. The third-order valence-electron chi connectivity index (χ3n) is 1.09. The molecule has 1 aromatic heterocycles. The largest absolute Gasteiger partial charge is 0.375 e. The highest BCUT2D eigenvalue weighted by Crippen LogP contribution is 2.15. The molecule has 0 spiro atoms. The predicted octanol–water partition coefficient (Wildman–Crippen LogP) is 0.615. The Morgan fingerprint density at radius 2 is 2.50 bits per heavy atom. The van der Waals surface area contributed by atoms with Gasteiger partial charge in [-0.25, -0.2) is 4.98 Å². The van der Waals surface area contributed by atoms with Crippen LogP contribution in [-0.4, -0.2) is 11.0 Å². The summed E-state index contributed by atoms with van der Waals surface area (Å²) < 4.78 is 0. The number of nitrogens with two attached hydrogens (primary N) is 2. The van der Waals surface area contributed by atoms with Crippen molar-refractivity contribution in [2.24, 2.45) is 5.73 Å². The van der Waals surface area contributed by atoms with Crippen molar-refractivity contribution < 1.29 is 0 Å². The number of aromatic nitrogens is 1. The van der Waals surface area contributed by atoms with Crippen molar-refractivity contribution in [1.29, 1.82) is 0 Å². The van der Waals surface area contributed by atoms with Crippen LogP contribution < -0.4 is 11.5 Å². The molecular formula is C6H11N3S. The van der Waals surface area contributed by atoms with E-state index in [0.717, 1.165) is 11.3 Å². The molecule has 0 saturated heterocycles. The Morgan fingerprint density at radius 1 is 1.80 bits per heavy atom. The highest BCUT2D eigenvalue weighted by Gasteiger charge is 2.00. The summed E-state index contributed by atoms with van der Waals surface area (Å²) in [5.74, 6) is 0. The van der Waals surface area contributed by atoms with Gasteiger partial charge in [-0.3, -0.25) is 0 Å². The summed E-state index contributed by atoms with van der Waals surface area (Å²) in [6.45, 7) is 1.97. The lowest BCUT2D eigenvalue weighted by Crippen LogP contribution is -2.16. The van der Waals surface area contributed by atoms with Crippen LogP contribution in [0.1, 0.15) is 11.8 Å². The molecule has 0 bridgehead atoms. The topological polar surface area (TPSA) is 64.9 Å². The molecule has 0 aromatic carbocycles. The quantitative estimate of drug-likeness (QED) is 0.661. The van der Waals surface area contributed by atoms with E-state index >= 15 is 0 Å². The van der Waals surface area contributed by atoms with Gasteiger partial charge in [0.05, 0.1) is 0 Å². The lowest BCUT2D eigenvalue weighted by molar-refractivity contribution is 0.745. The van der Waals surface area contributed by atoms with E-state index in [1.165, 1.54) is 11.3 Å². The molecule has 3 nitrogen and oxygen atoms in total. The molecule has 0 fully saturated rings. The van der Waals surface area contributed by atoms with E-state index < -0.39 is 0 Å². The van der Waals surface area contributed by atoms with Gasteiger partial charge in [-0.1, -0.05) is 0 Å². The number of hydrogen-bond acceptors (Lipinski definition) is 4. The van der Waals surface area contributed by atoms with Crippen LogP contribution >= 0.6 is 11.3 Å². The molecule has 1 heterocycles. The fourth-order valence-electron chi connectivity index (χ4n) is 0.734. The van der Waals surface area contributed by atoms with E-state index in [4.69, 9.17) is 11.5 Å². The second kappa shape index (κ2) is 2.98. The summed E-state index contributed by atoms with van der Waals surface area (Å²) in [7, 11) is 0. The fourth-order valence-corrected chi connectivity index (χ4v) is 1.56. The van der Waals surface area contributed by atoms with E-state index in [0.29, 0.717) is 5.13 Å². The highest BCUT2D eigenvalue weighted by atomic mass is 32.1. The number of nitrogen functional groups attached to an aromatic ring is 1. The summed E-state index contributed by atoms with van der Waals surface area (Å²) in [6, 6.07) is 0.194. The maximum Gasteiger partial charge on any atom is 0.180 e. The Labute approximate surface area is 64.1 Å². The van der Waals surface area contributed by atoms with Gasteiger partial charge in [-0.15, -0.1) is 11.3 Å². The molecule has 0 aliphatic rings. The van der Waals surface area contributed by atoms with Gasteiger partial charge in [0.1, 0.15) is 0 Å². The van der Waals surface area contributed by atoms with Crippen LogP contribution in [0.3, 0.4) is 0 Å². The van der Waals surface area contributed by atoms with Crippen molar-refractivity contribution in [3.05, 3.63) is 11.1 Å². The van der Waals surface area contributed by atoms with E-state index in [1.807, 2.05) is 6.92 Å². The Kier molecular flexibility index (Phi) is 2.24. The SMILES string of the molecule is CC(N)Cc1cnc(N)s1. The first-order valence-electron chi connectivity index (χ1n) is 3.14. The third-order valence-corrected chi connectivity index (χ3v) is 1.94. The molecule has 4 heteroatoms. The molecular weight excluding hydrogens is 146 g/mol. The molecule has 0 radical (unpaired) electrons. The first-order chi connectivity index (χ1) is 4.68. The third kappa shape index (κ3) is 1.97. The number of thiazole rings is 1. The smallest absolute Gasteiger partial charge is 0.180 e. The van der Waals surface area contributed by atoms with Crippen LogP contribution in [0, 0.1) is 0 Å². The first-order valence-corrected chi connectivity index (χ1v) is 3.96. The number of anilines is 1. The lowest BCUT2D eigenvalue weighted by Gasteiger charge is -1.98. The lowest BCUT2D eigenvalue weighted by atomic mass is 10.2. The van der Waals surface area contributed by atoms with Crippen molar-refractivity contribution in [3.8, 4) is 0 Å². The van der Waals surface area contributed by atoms with Gasteiger partial charge in [0.15, 0.2) is 5.13 Å². The molecule has 0 saturated carbocycles. The molecule has 0 amide bonds. The van der Waals surface area contributed by atoms with Crippen molar-refractivity contribution >= 4 is 16.5 Å². The standard InChI is InChI=1S/C6H11N3S/c1-4(7)2-5-3-9-6(8)10-5/h3-4H,2,7H2,1H3,(H2,8,9). The summed E-state index contributed by atoms with van der Waals surface area (Å²) >= 11 is 1.50. The van der Waals surface area contributed by atoms with E-state index in [1.54, 1.807) is 6.20 Å². The first kappa shape index (κ1) is 7.50. The van der Waals surface area contributed by atoms with Crippen LogP contribution in [0.25, 0.3) is 0 Å². The molecule has 0 aliphatic heterocycles. The van der Waals surface area contributed by atoms with Crippen LogP contribution in [0.5, 0.6) is 0 Å². The van der Waals surface area contributed by atoms with Crippen molar-refractivity contribution in [2.45, 2.75) is 19.4 Å². The summed E-state index contributed by atoms with van der Waals surface area (Å²) in [5, 5.41) is 0.621. The zero-order valence-electron chi connectivity index (χ0n) is 5.87. The highest BCUT2D eigenvalue weighted by molar-refractivity contribution is 7.15. The molecule has 4 N–H and O–H groups in total. The molecule has 1 rings (SSSR count). The van der Waals surface area contributed by atoms with Gasteiger partial charge >= 0.3 is 0 Å². The predicted molar refractivity (Wildman–Crippen MR) is 43.9 cm³/mol. The van der Waals surface area contributed by atoms with Gasteiger partial charge < -0.3 is 11.5 Å². The van der Waals surface area contributed by atoms with Crippen molar-refractivity contribution in [3.63, 3.8) is 0 Å². The second-order valence-corrected chi connectivity index (χ2v) is 3.49. The van der Waals surface area contributed by atoms with E-state index in [-0.39, 0.29) is 6.04 Å². The van der Waals surface area contributed by atoms with E-state index in [2.05, 4.69) is 4.98 Å². The number of rotatable bonds is 2. The monoisotopic (exact) mass is 157 g/mol. The molecule has 10 heavy (non-hydrogen) atoms. The minimum atomic E-state index is 0.194. The van der Waals surface area contributed by atoms with Gasteiger partial charge in [0.25, 0.3) is 0 Å². The maximum absolute atomic E-state index is 5.57. The molecule has 1 atom stereocenters. The van der Waals surface area contributed by atoms with Gasteiger partial charge in [0.2, 0.25) is 0 Å². The van der Waals surface area contributed by atoms with Crippen LogP contribution in [-0.2, 0) is 6.42 Å². The Morgan fingerprint density at radius 3 is 2.90 bits per heavy atom. The van der Waals surface area contributed by atoms with Crippen LogP contribution in [0.4, 0.5) is 5.13 Å². The van der Waals surface area contributed by atoms with Crippen LogP contribution in [0.2, 0.25) is 0 Å². The minimum absolute atomic E-state index is 0.194. The summed E-state index contributed by atoms with van der Waals surface area (Å²) in [5.41, 5.74) is 11.0. The Bertz CT molecular complexity index is 207. The summed E-state index contributed by atoms with van der Waals surface area (Å²) in [4.78, 5) is 5.07. The molecule has 56 valence electrons. The zero-order valence-corrected chi connectivity index (χ0v) is 6.69. The van der Waals surface area contributed by atoms with Gasteiger partial charge in [0, 0.05) is 17.1 Å². The molecule has 0 aliphatic carbocycles. The van der Waals surface area contributed by atoms with Crippen molar-refractivity contribution in [2.75, 3.05) is 5.73 Å². The minimum Gasteiger partial charge on any atom is -0.375 e.